The molecular weight excluding hydrogens is 257 g/mol. The van der Waals surface area contributed by atoms with Crippen molar-refractivity contribution in [2.75, 3.05) is 7.11 Å². The van der Waals surface area contributed by atoms with Crippen molar-refractivity contribution in [3.8, 4) is 22.6 Å². The van der Waals surface area contributed by atoms with E-state index in [9.17, 15) is 18.3 Å². The molecule has 2 nitrogen and oxygen atoms in total. The first-order valence-corrected chi connectivity index (χ1v) is 5.46. The molecule has 0 spiro atoms. The summed E-state index contributed by atoms with van der Waals surface area (Å²) in [6.45, 7) is 0. The van der Waals surface area contributed by atoms with Crippen LogP contribution < -0.4 is 4.74 Å². The van der Waals surface area contributed by atoms with Gasteiger partial charge in [0, 0.05) is 5.56 Å². The lowest BCUT2D eigenvalue weighted by Gasteiger charge is -2.10. The number of rotatable bonds is 2. The predicted molar refractivity (Wildman–Crippen MR) is 65.1 cm³/mol. The summed E-state index contributed by atoms with van der Waals surface area (Å²) in [5.74, 6) is 0.153. The van der Waals surface area contributed by atoms with Gasteiger partial charge in [-0.2, -0.15) is 13.2 Å². The molecule has 0 aliphatic rings. The summed E-state index contributed by atoms with van der Waals surface area (Å²) < 4.78 is 42.5. The summed E-state index contributed by atoms with van der Waals surface area (Å²) in [5, 5.41) is 9.73. The molecule has 0 saturated heterocycles. The number of benzene rings is 2. The van der Waals surface area contributed by atoms with Crippen molar-refractivity contribution in [1.29, 1.82) is 0 Å². The Balaban J connectivity index is 2.46. The molecule has 0 heterocycles. The molecule has 2 aromatic rings. The van der Waals surface area contributed by atoms with Gasteiger partial charge in [-0.15, -0.1) is 0 Å². The highest BCUT2D eigenvalue weighted by Gasteiger charge is 2.31. The number of alkyl halides is 3. The zero-order chi connectivity index (χ0) is 14.0. The van der Waals surface area contributed by atoms with Crippen LogP contribution >= 0.6 is 0 Å². The summed E-state index contributed by atoms with van der Waals surface area (Å²) in [6.07, 6.45) is -4.47. The molecule has 0 radical (unpaired) electrons. The molecule has 2 rings (SSSR count). The number of hydrogen-bond acceptors (Lipinski definition) is 2. The lowest BCUT2D eigenvalue weighted by Crippen LogP contribution is -2.04. The van der Waals surface area contributed by atoms with Crippen molar-refractivity contribution in [1.82, 2.24) is 0 Å². The molecule has 0 aliphatic heterocycles. The third-order valence-corrected chi connectivity index (χ3v) is 2.71. The van der Waals surface area contributed by atoms with E-state index in [4.69, 9.17) is 4.74 Å². The maximum Gasteiger partial charge on any atom is 0.416 e. The number of ether oxygens (including phenoxy) is 1. The van der Waals surface area contributed by atoms with Crippen LogP contribution in [0.25, 0.3) is 11.1 Å². The Hall–Kier alpha value is -2.17. The van der Waals surface area contributed by atoms with Crippen LogP contribution in [0.5, 0.6) is 11.5 Å². The van der Waals surface area contributed by atoms with E-state index in [0.717, 1.165) is 12.1 Å². The van der Waals surface area contributed by atoms with Crippen LogP contribution in [0.1, 0.15) is 5.56 Å². The minimum Gasteiger partial charge on any atom is -0.507 e. The highest BCUT2D eigenvalue weighted by Crippen LogP contribution is 2.37. The van der Waals surface area contributed by atoms with Crippen LogP contribution in [0.4, 0.5) is 13.2 Å². The van der Waals surface area contributed by atoms with Crippen LogP contribution in [0.2, 0.25) is 0 Å². The second-order valence-electron chi connectivity index (χ2n) is 3.96. The van der Waals surface area contributed by atoms with Gasteiger partial charge in [-0.1, -0.05) is 18.2 Å². The third kappa shape index (κ3) is 2.81. The number of hydrogen-bond donors (Lipinski definition) is 1. The van der Waals surface area contributed by atoms with Gasteiger partial charge in [-0.3, -0.25) is 0 Å². The smallest absolute Gasteiger partial charge is 0.416 e. The van der Waals surface area contributed by atoms with Crippen molar-refractivity contribution in [3.05, 3.63) is 48.0 Å². The highest BCUT2D eigenvalue weighted by molar-refractivity contribution is 5.71. The monoisotopic (exact) mass is 268 g/mol. The molecule has 19 heavy (non-hydrogen) atoms. The van der Waals surface area contributed by atoms with Gasteiger partial charge in [0.15, 0.2) is 0 Å². The van der Waals surface area contributed by atoms with Crippen molar-refractivity contribution in [2.45, 2.75) is 6.18 Å². The first kappa shape index (κ1) is 13.3. The summed E-state index contributed by atoms with van der Waals surface area (Å²) in [5.41, 5.74) is 0.0362. The molecule has 0 atom stereocenters. The van der Waals surface area contributed by atoms with E-state index < -0.39 is 17.5 Å². The Labute approximate surface area is 108 Å². The topological polar surface area (TPSA) is 29.5 Å². The van der Waals surface area contributed by atoms with Crippen LogP contribution in [-0.4, -0.2) is 12.2 Å². The van der Waals surface area contributed by atoms with Gasteiger partial charge < -0.3 is 9.84 Å². The fourth-order valence-electron chi connectivity index (χ4n) is 1.74. The number of halogens is 3. The van der Waals surface area contributed by atoms with Gasteiger partial charge in [-0.05, 0) is 29.8 Å². The van der Waals surface area contributed by atoms with Gasteiger partial charge in [0.25, 0.3) is 0 Å². The largest absolute Gasteiger partial charge is 0.507 e. The second kappa shape index (κ2) is 4.84. The minimum atomic E-state index is -4.47. The number of aromatic hydroxyl groups is 1. The van der Waals surface area contributed by atoms with Crippen LogP contribution in [-0.2, 0) is 6.18 Å². The second-order valence-corrected chi connectivity index (χ2v) is 3.96. The molecule has 0 fully saturated rings. The lowest BCUT2D eigenvalue weighted by molar-refractivity contribution is -0.137. The van der Waals surface area contributed by atoms with Crippen LogP contribution in [0.15, 0.2) is 42.5 Å². The van der Waals surface area contributed by atoms with Crippen molar-refractivity contribution >= 4 is 0 Å². The predicted octanol–water partition coefficient (Wildman–Crippen LogP) is 4.09. The van der Waals surface area contributed by atoms with Gasteiger partial charge in [0.05, 0.1) is 12.7 Å². The summed E-state index contributed by atoms with van der Waals surface area (Å²) >= 11 is 0. The average molecular weight is 268 g/mol. The number of phenols is 1. The zero-order valence-electron chi connectivity index (χ0n) is 10.0. The molecule has 0 amide bonds. The average Bonchev–Trinajstić information content (AvgIpc) is 2.37. The lowest BCUT2D eigenvalue weighted by atomic mass is 10.0. The Morgan fingerprint density at radius 3 is 2.37 bits per heavy atom. The van der Waals surface area contributed by atoms with E-state index in [1.807, 2.05) is 0 Å². The van der Waals surface area contributed by atoms with Crippen molar-refractivity contribution in [3.63, 3.8) is 0 Å². The number of methoxy groups -OCH3 is 1. The third-order valence-electron chi connectivity index (χ3n) is 2.71. The molecule has 5 heteroatoms. The molecule has 100 valence electrons. The van der Waals surface area contributed by atoms with E-state index in [-0.39, 0.29) is 0 Å². The summed E-state index contributed by atoms with van der Waals surface area (Å²) in [6, 6.07) is 9.64. The maximum absolute atomic E-state index is 12.5. The Morgan fingerprint density at radius 1 is 1.05 bits per heavy atom. The molecule has 0 saturated carbocycles. The molecule has 1 N–H and O–H groups in total. The highest BCUT2D eigenvalue weighted by atomic mass is 19.4. The van der Waals surface area contributed by atoms with Crippen molar-refractivity contribution in [2.24, 2.45) is 0 Å². The van der Waals surface area contributed by atoms with E-state index in [1.54, 1.807) is 24.3 Å². The quantitative estimate of drug-likeness (QED) is 0.889. The molecule has 2 aromatic carbocycles. The first-order chi connectivity index (χ1) is 8.91. The van der Waals surface area contributed by atoms with E-state index >= 15 is 0 Å². The summed E-state index contributed by atoms with van der Waals surface area (Å²) in [7, 11) is 1.49. The molecule has 0 aromatic heterocycles. The van der Waals surface area contributed by atoms with Crippen LogP contribution in [0.3, 0.4) is 0 Å². The minimum absolute atomic E-state index is 0.326. The SMILES string of the molecule is COc1cccc(-c2ccc(C(F)(F)F)cc2O)c1. The Kier molecular flexibility index (Phi) is 3.38. The molecule has 0 unspecified atom stereocenters. The van der Waals surface area contributed by atoms with Crippen LogP contribution in [0, 0.1) is 0 Å². The van der Waals surface area contributed by atoms with Gasteiger partial charge in [0.2, 0.25) is 0 Å². The Morgan fingerprint density at radius 2 is 1.79 bits per heavy atom. The van der Waals surface area contributed by atoms with E-state index in [2.05, 4.69) is 0 Å². The van der Waals surface area contributed by atoms with Crippen molar-refractivity contribution < 1.29 is 23.0 Å². The fourth-order valence-corrected chi connectivity index (χ4v) is 1.74. The van der Waals surface area contributed by atoms with E-state index in [0.29, 0.717) is 16.9 Å². The van der Waals surface area contributed by atoms with E-state index in [1.165, 1.54) is 13.2 Å². The van der Waals surface area contributed by atoms with Gasteiger partial charge in [0.1, 0.15) is 11.5 Å². The molecule has 0 aliphatic carbocycles. The molecule has 0 bridgehead atoms. The standard InChI is InChI=1S/C14H11F3O2/c1-19-11-4-2-3-9(7-11)12-6-5-10(8-13(12)18)14(15,16)17/h2-8,18H,1H3. The summed E-state index contributed by atoms with van der Waals surface area (Å²) in [4.78, 5) is 0. The zero-order valence-corrected chi connectivity index (χ0v) is 10.0. The fraction of sp³-hybridized carbons (Fsp3) is 0.143. The normalized spacial score (nSPS) is 11.4. The molecular formula is C14H11F3O2. The van der Waals surface area contributed by atoms with Gasteiger partial charge >= 0.3 is 6.18 Å². The number of phenolic OH excluding ortho intramolecular Hbond substituents is 1. The maximum atomic E-state index is 12.5. The Bertz CT molecular complexity index is 591. The van der Waals surface area contributed by atoms with Gasteiger partial charge in [-0.25, -0.2) is 0 Å². The first-order valence-electron chi connectivity index (χ1n) is 5.46.